The fraction of sp³-hybridized carbons (Fsp3) is 1.00. The van der Waals surface area contributed by atoms with Crippen molar-refractivity contribution in [3.63, 3.8) is 0 Å². The van der Waals surface area contributed by atoms with Gasteiger partial charge in [-0.15, -0.1) is 0 Å². The predicted molar refractivity (Wildman–Crippen MR) is 438 cm³/mol. The van der Waals surface area contributed by atoms with Crippen LogP contribution in [-0.2, 0) is 0 Å². The smallest absolute Gasteiger partial charge is 0.0354 e. The summed E-state index contributed by atoms with van der Waals surface area (Å²) in [5.74, 6) is 12.2. The first-order chi connectivity index (χ1) is 41.4. The molecule has 4 saturated carbocycles. The van der Waals surface area contributed by atoms with Gasteiger partial charge in [-0.2, -0.15) is 0 Å². The summed E-state index contributed by atoms with van der Waals surface area (Å²) in [7, 11) is 0. The standard InChI is InChI=1S/4C7H14.9C7H16/c1-6-3-4-7(2)5-6;1-7(2)5-3-4-6-7;1-6-4-3-5-7(6)2;1-7-5-3-2-4-6-7;2*1-6(2)7(3,4)5;1-5-6-7(2,3)4;2*1-5-7(3,4)6-2;2*1-5-7(4)6(2)3;1-4-6-7(3)5-2;1-4-7(5-2)6-3/h6-7H,3-5H2,1-2H3;3-6H2,1-2H3;6-7H,3-5H2,1-2H3;7H,2-6H2,1H3;2*6H,1-5H3;3*5-6H2,1-4H3;2*6-7H,5H2,1-4H3;2*7H,4-6H2,1-3H3/t6-,7?;;6-,7?;;;;;;;;;;/m1.1........../s1. The zero-order valence-electron chi connectivity index (χ0n) is 74.0. The molecule has 0 aromatic rings. The van der Waals surface area contributed by atoms with Crippen molar-refractivity contribution in [3.05, 3.63) is 0 Å². The summed E-state index contributed by atoms with van der Waals surface area (Å²) in [5, 5.41) is 0. The van der Waals surface area contributed by atoms with Crippen molar-refractivity contribution in [2.75, 3.05) is 0 Å². The quantitative estimate of drug-likeness (QED) is 0.153. The Hall–Kier alpha value is 0. The van der Waals surface area contributed by atoms with Gasteiger partial charge in [0, 0.05) is 0 Å². The molecule has 0 bridgehead atoms. The van der Waals surface area contributed by atoms with Gasteiger partial charge in [-0.25, -0.2) is 0 Å². The van der Waals surface area contributed by atoms with Crippen LogP contribution < -0.4 is 0 Å². The normalized spacial score (nSPS) is 19.5. The van der Waals surface area contributed by atoms with E-state index < -0.39 is 0 Å². The summed E-state index contributed by atoms with van der Waals surface area (Å²) in [6.07, 6.45) is 40.7. The Morgan fingerprint density at radius 3 is 0.725 bits per heavy atom. The zero-order valence-corrected chi connectivity index (χ0v) is 74.0. The molecule has 0 aliphatic heterocycles. The third-order valence-corrected chi connectivity index (χ3v) is 23.2. The van der Waals surface area contributed by atoms with Crippen LogP contribution in [0.2, 0.25) is 0 Å². The van der Waals surface area contributed by atoms with E-state index in [1.807, 2.05) is 0 Å². The van der Waals surface area contributed by atoms with E-state index in [0.29, 0.717) is 32.5 Å². The molecular formula is C91H200. The van der Waals surface area contributed by atoms with Crippen molar-refractivity contribution in [2.45, 2.75) is 484 Å². The molecule has 5 unspecified atom stereocenters. The molecule has 4 aliphatic carbocycles. The Bertz CT molecular complexity index is 1220. The summed E-state index contributed by atoms with van der Waals surface area (Å²) < 4.78 is 0. The Balaban J connectivity index is -0.000000114. The molecule has 4 aliphatic rings. The molecule has 4 rings (SSSR count). The number of hydrogen-bond acceptors (Lipinski definition) is 0. The molecule has 0 N–H and O–H groups in total. The number of hydrogen-bond donors (Lipinski definition) is 0. The third-order valence-electron chi connectivity index (χ3n) is 23.2. The molecule has 0 heterocycles. The van der Waals surface area contributed by atoms with E-state index in [2.05, 4.69) is 298 Å². The SMILES string of the molecule is CC(C)C(C)(C)C.CC(C)C(C)(C)C.CC1(C)CCCC1.CC1CCCCC1.CC1CCC[C@H]1C.CC1CC[C@@H](C)C1.CCC(C)(C)CC.CCC(C)(C)CC.CCC(C)C(C)C.CCC(C)C(C)C.CCC(CC)CC.CCCC(C)(C)C.CCCC(C)CC. The molecule has 4 fully saturated rings. The first-order valence-corrected chi connectivity index (χ1v) is 41.4. The summed E-state index contributed by atoms with van der Waals surface area (Å²) in [5.41, 5.74) is 3.41. The highest BCUT2D eigenvalue weighted by molar-refractivity contribution is 4.75. The van der Waals surface area contributed by atoms with Crippen molar-refractivity contribution in [2.24, 2.45) is 109 Å². The average Bonchev–Trinajstić information content (AvgIpc) is 4.29. The van der Waals surface area contributed by atoms with Crippen molar-refractivity contribution in [1.82, 2.24) is 0 Å². The van der Waals surface area contributed by atoms with Crippen LogP contribution in [0.4, 0.5) is 0 Å². The van der Waals surface area contributed by atoms with E-state index >= 15 is 0 Å². The van der Waals surface area contributed by atoms with Gasteiger partial charge in [0.05, 0.1) is 0 Å². The second-order valence-electron chi connectivity index (χ2n) is 37.8. The number of rotatable bonds is 15. The molecule has 0 heteroatoms. The minimum Gasteiger partial charge on any atom is -0.0654 e. The highest BCUT2D eigenvalue weighted by atomic mass is 14.3. The van der Waals surface area contributed by atoms with Gasteiger partial charge in [0.15, 0.2) is 0 Å². The van der Waals surface area contributed by atoms with Gasteiger partial charge >= 0.3 is 0 Å². The van der Waals surface area contributed by atoms with E-state index in [0.717, 1.165) is 76.9 Å². The van der Waals surface area contributed by atoms with Crippen molar-refractivity contribution >= 4 is 0 Å². The monoisotopic (exact) mass is 1290 g/mol. The lowest BCUT2D eigenvalue weighted by atomic mass is 9.84. The topological polar surface area (TPSA) is 0 Å². The fourth-order valence-corrected chi connectivity index (χ4v) is 9.22. The molecule has 0 radical (unpaired) electrons. The van der Waals surface area contributed by atoms with Crippen LogP contribution in [0.5, 0.6) is 0 Å². The van der Waals surface area contributed by atoms with Crippen molar-refractivity contribution in [3.8, 4) is 0 Å². The second-order valence-corrected chi connectivity index (χ2v) is 37.8. The Labute approximate surface area is 590 Å². The van der Waals surface area contributed by atoms with Crippen LogP contribution in [0.25, 0.3) is 0 Å². The van der Waals surface area contributed by atoms with Gasteiger partial charge in [0.2, 0.25) is 0 Å². The molecule has 7 atom stereocenters. The van der Waals surface area contributed by atoms with Crippen LogP contribution in [-0.4, -0.2) is 0 Å². The minimum atomic E-state index is 0.500. The average molecular weight is 1290 g/mol. The maximum absolute atomic E-state index is 2.36. The van der Waals surface area contributed by atoms with Crippen LogP contribution in [0, 0.1) is 109 Å². The largest absolute Gasteiger partial charge is 0.0654 e. The second kappa shape index (κ2) is 65.9. The minimum absolute atomic E-state index is 0.500. The van der Waals surface area contributed by atoms with E-state index in [-0.39, 0.29) is 0 Å². The molecule has 0 aromatic carbocycles. The lowest BCUT2D eigenvalue weighted by Crippen LogP contribution is -2.12. The maximum atomic E-state index is 2.36. The van der Waals surface area contributed by atoms with Gasteiger partial charge < -0.3 is 0 Å². The third kappa shape index (κ3) is 92.1. The molecule has 564 valence electrons. The molecule has 0 amide bonds. The van der Waals surface area contributed by atoms with Gasteiger partial charge in [-0.05, 0) is 135 Å². The highest BCUT2D eigenvalue weighted by Gasteiger charge is 2.22. The fourth-order valence-electron chi connectivity index (χ4n) is 9.22. The summed E-state index contributed by atoms with van der Waals surface area (Å²) in [6, 6.07) is 0. The van der Waals surface area contributed by atoms with Crippen LogP contribution in [0.1, 0.15) is 484 Å². The Morgan fingerprint density at radius 1 is 0.352 bits per heavy atom. The van der Waals surface area contributed by atoms with Crippen molar-refractivity contribution in [1.29, 1.82) is 0 Å². The molecule has 0 spiro atoms. The highest BCUT2D eigenvalue weighted by Crippen LogP contribution is 2.36. The van der Waals surface area contributed by atoms with E-state index in [4.69, 9.17) is 0 Å². The zero-order chi connectivity index (χ0) is 74.0. The first kappa shape index (κ1) is 110. The molecule has 91 heavy (non-hydrogen) atoms. The van der Waals surface area contributed by atoms with Crippen LogP contribution in [0.15, 0.2) is 0 Å². The van der Waals surface area contributed by atoms with Gasteiger partial charge in [0.1, 0.15) is 0 Å². The van der Waals surface area contributed by atoms with Gasteiger partial charge in [-0.3, -0.25) is 0 Å². The predicted octanol–water partition coefficient (Wildman–Crippen LogP) is 35.0. The van der Waals surface area contributed by atoms with Crippen molar-refractivity contribution < 1.29 is 0 Å². The Morgan fingerprint density at radius 2 is 0.659 bits per heavy atom. The summed E-state index contributed by atoms with van der Waals surface area (Å²) in [4.78, 5) is 0. The summed E-state index contributed by atoms with van der Waals surface area (Å²) >= 11 is 0. The van der Waals surface area contributed by atoms with Crippen LogP contribution in [0.3, 0.4) is 0 Å². The summed E-state index contributed by atoms with van der Waals surface area (Å²) in [6.45, 7) is 98.0. The lowest BCUT2D eigenvalue weighted by molar-refractivity contribution is 0.283. The van der Waals surface area contributed by atoms with Gasteiger partial charge in [-0.1, -0.05) is 458 Å². The maximum Gasteiger partial charge on any atom is -0.0354 e. The molecular weight excluding hydrogens is 1090 g/mol. The lowest BCUT2D eigenvalue weighted by Gasteiger charge is -2.22. The first-order valence-electron chi connectivity index (χ1n) is 41.4. The molecule has 0 nitrogen and oxygen atoms in total. The van der Waals surface area contributed by atoms with E-state index in [9.17, 15) is 0 Å². The van der Waals surface area contributed by atoms with E-state index in [1.54, 1.807) is 0 Å². The van der Waals surface area contributed by atoms with Crippen LogP contribution >= 0.6 is 0 Å². The van der Waals surface area contributed by atoms with Gasteiger partial charge in [0.25, 0.3) is 0 Å². The Kier molecular flexibility index (Phi) is 79.4. The van der Waals surface area contributed by atoms with E-state index in [1.165, 1.54) is 186 Å². The molecule has 0 saturated heterocycles. The molecule has 0 aromatic heterocycles.